The lowest BCUT2D eigenvalue weighted by molar-refractivity contribution is 0.0688. The molecule has 0 aliphatic rings. The van der Waals surface area contributed by atoms with Crippen molar-refractivity contribution in [3.05, 3.63) is 11.3 Å². The lowest BCUT2D eigenvalue weighted by atomic mass is 10.0. The first-order valence-corrected chi connectivity index (χ1v) is 4.42. The molecule has 0 atom stereocenters. The molecule has 0 aliphatic heterocycles. The number of carboxylic acid groups (broad SMARTS) is 1. The number of hydrogen-bond donors (Lipinski definition) is 2. The van der Waals surface area contributed by atoms with Crippen molar-refractivity contribution in [2.45, 2.75) is 19.8 Å². The van der Waals surface area contributed by atoms with Crippen molar-refractivity contribution >= 4 is 11.9 Å². The number of ether oxygens (including phenoxy) is 1. The van der Waals surface area contributed by atoms with Crippen LogP contribution in [0.25, 0.3) is 0 Å². The number of nitrogens with zero attached hydrogens (tertiary/aromatic N) is 2. The van der Waals surface area contributed by atoms with Crippen LogP contribution in [0.5, 0.6) is 5.88 Å². The Balaban J connectivity index is 3.47. The first-order chi connectivity index (χ1) is 6.97. The second kappa shape index (κ2) is 4.12. The average molecular weight is 211 g/mol. The van der Waals surface area contributed by atoms with Gasteiger partial charge in [-0.05, 0) is 5.92 Å². The first kappa shape index (κ1) is 11.2. The van der Waals surface area contributed by atoms with E-state index in [0.717, 1.165) is 0 Å². The van der Waals surface area contributed by atoms with Gasteiger partial charge in [0.15, 0.2) is 5.69 Å². The Morgan fingerprint density at radius 1 is 1.47 bits per heavy atom. The summed E-state index contributed by atoms with van der Waals surface area (Å²) in [4.78, 5) is 18.5. The number of hydrogen-bond acceptors (Lipinski definition) is 5. The summed E-state index contributed by atoms with van der Waals surface area (Å²) in [5.74, 6) is -1.07. The Bertz CT molecular complexity index is 390. The Hall–Kier alpha value is -1.85. The zero-order valence-corrected chi connectivity index (χ0v) is 8.81. The molecule has 15 heavy (non-hydrogen) atoms. The van der Waals surface area contributed by atoms with Gasteiger partial charge in [0, 0.05) is 0 Å². The van der Waals surface area contributed by atoms with Crippen molar-refractivity contribution in [1.82, 2.24) is 9.97 Å². The van der Waals surface area contributed by atoms with Crippen LogP contribution in [0, 0.1) is 0 Å². The molecular weight excluding hydrogens is 198 g/mol. The summed E-state index contributed by atoms with van der Waals surface area (Å²) >= 11 is 0. The van der Waals surface area contributed by atoms with Crippen LogP contribution >= 0.6 is 0 Å². The van der Waals surface area contributed by atoms with Crippen LogP contribution in [-0.4, -0.2) is 28.2 Å². The van der Waals surface area contributed by atoms with Crippen LogP contribution in [0.15, 0.2) is 0 Å². The van der Waals surface area contributed by atoms with Crippen LogP contribution in [0.4, 0.5) is 5.95 Å². The van der Waals surface area contributed by atoms with Gasteiger partial charge < -0.3 is 15.6 Å². The molecule has 0 unspecified atom stereocenters. The van der Waals surface area contributed by atoms with E-state index in [4.69, 9.17) is 15.6 Å². The molecule has 6 heteroatoms. The fourth-order valence-corrected chi connectivity index (χ4v) is 1.30. The molecule has 6 nitrogen and oxygen atoms in total. The fraction of sp³-hybridized carbons (Fsp3) is 0.444. The van der Waals surface area contributed by atoms with E-state index in [1.165, 1.54) is 7.11 Å². The van der Waals surface area contributed by atoms with Gasteiger partial charge in [-0.25, -0.2) is 9.78 Å². The van der Waals surface area contributed by atoms with E-state index in [0.29, 0.717) is 5.56 Å². The molecule has 0 aromatic carbocycles. The maximum absolute atomic E-state index is 10.9. The van der Waals surface area contributed by atoms with Crippen molar-refractivity contribution in [3.8, 4) is 5.88 Å². The Labute approximate surface area is 87.1 Å². The number of carboxylic acids is 1. The molecule has 0 bridgehead atoms. The van der Waals surface area contributed by atoms with Crippen molar-refractivity contribution in [2.75, 3.05) is 12.8 Å². The minimum Gasteiger partial charge on any atom is -0.481 e. The molecule has 0 spiro atoms. The van der Waals surface area contributed by atoms with E-state index in [1.54, 1.807) is 0 Å². The van der Waals surface area contributed by atoms with E-state index < -0.39 is 5.97 Å². The predicted molar refractivity (Wildman–Crippen MR) is 54.0 cm³/mol. The molecule has 1 aromatic rings. The van der Waals surface area contributed by atoms with E-state index in [1.807, 2.05) is 13.8 Å². The van der Waals surface area contributed by atoms with Crippen molar-refractivity contribution < 1.29 is 14.6 Å². The normalized spacial score (nSPS) is 10.4. The fourth-order valence-electron chi connectivity index (χ4n) is 1.30. The monoisotopic (exact) mass is 211 g/mol. The molecule has 0 aliphatic carbocycles. The molecule has 0 saturated heterocycles. The number of anilines is 1. The highest BCUT2D eigenvalue weighted by Crippen LogP contribution is 2.27. The molecule has 0 saturated carbocycles. The maximum atomic E-state index is 10.9. The van der Waals surface area contributed by atoms with Gasteiger partial charge in [-0.15, -0.1) is 0 Å². The summed E-state index contributed by atoms with van der Waals surface area (Å²) in [6, 6.07) is 0. The summed E-state index contributed by atoms with van der Waals surface area (Å²) in [6.45, 7) is 3.67. The third-order valence-electron chi connectivity index (χ3n) is 1.90. The minimum atomic E-state index is -1.13. The highest BCUT2D eigenvalue weighted by molar-refractivity contribution is 5.88. The van der Waals surface area contributed by atoms with Gasteiger partial charge in [-0.3, -0.25) is 0 Å². The second-order valence-electron chi connectivity index (χ2n) is 3.31. The smallest absolute Gasteiger partial charge is 0.355 e. The summed E-state index contributed by atoms with van der Waals surface area (Å²) in [7, 11) is 1.42. The van der Waals surface area contributed by atoms with Gasteiger partial charge in [0.25, 0.3) is 0 Å². The first-order valence-electron chi connectivity index (χ1n) is 4.42. The number of nitrogen functional groups attached to an aromatic ring is 1. The van der Waals surface area contributed by atoms with Crippen LogP contribution < -0.4 is 10.5 Å². The molecule has 0 fully saturated rings. The van der Waals surface area contributed by atoms with Gasteiger partial charge in [-0.1, -0.05) is 13.8 Å². The van der Waals surface area contributed by atoms with E-state index in [2.05, 4.69) is 9.97 Å². The summed E-state index contributed by atoms with van der Waals surface area (Å²) in [5.41, 5.74) is 5.73. The van der Waals surface area contributed by atoms with Gasteiger partial charge in [0.2, 0.25) is 11.8 Å². The quantitative estimate of drug-likeness (QED) is 0.770. The lowest BCUT2D eigenvalue weighted by Crippen LogP contribution is -2.13. The molecule has 0 radical (unpaired) electrons. The second-order valence-corrected chi connectivity index (χ2v) is 3.31. The van der Waals surface area contributed by atoms with Crippen molar-refractivity contribution in [1.29, 1.82) is 0 Å². The van der Waals surface area contributed by atoms with Gasteiger partial charge in [0.1, 0.15) is 0 Å². The Kier molecular flexibility index (Phi) is 3.08. The van der Waals surface area contributed by atoms with Gasteiger partial charge in [0.05, 0.1) is 12.7 Å². The van der Waals surface area contributed by atoms with Crippen LogP contribution in [0.1, 0.15) is 35.8 Å². The molecule has 1 rings (SSSR count). The molecule has 0 amide bonds. The number of aromatic nitrogens is 2. The molecule has 1 aromatic heterocycles. The molecule has 1 heterocycles. The van der Waals surface area contributed by atoms with Gasteiger partial charge in [-0.2, -0.15) is 4.98 Å². The van der Waals surface area contributed by atoms with E-state index in [9.17, 15) is 4.79 Å². The standard InChI is InChI=1S/C9H13N3O3/c1-4(2)5-6(8(13)14)11-9(10)12-7(5)15-3/h4H,1-3H3,(H,13,14)(H2,10,11,12). The maximum Gasteiger partial charge on any atom is 0.355 e. The number of aromatic carboxylic acids is 1. The third-order valence-corrected chi connectivity index (χ3v) is 1.90. The zero-order chi connectivity index (χ0) is 11.6. The van der Waals surface area contributed by atoms with E-state index >= 15 is 0 Å². The van der Waals surface area contributed by atoms with Crippen molar-refractivity contribution in [3.63, 3.8) is 0 Å². The molecular formula is C9H13N3O3. The average Bonchev–Trinajstić information content (AvgIpc) is 2.15. The molecule has 82 valence electrons. The summed E-state index contributed by atoms with van der Waals surface area (Å²) < 4.78 is 4.98. The van der Waals surface area contributed by atoms with E-state index in [-0.39, 0.29) is 23.4 Å². The Morgan fingerprint density at radius 3 is 2.47 bits per heavy atom. The minimum absolute atomic E-state index is 0.0494. The number of methoxy groups -OCH3 is 1. The summed E-state index contributed by atoms with van der Waals surface area (Å²) in [6.07, 6.45) is 0. The number of carbonyl (C=O) groups is 1. The SMILES string of the molecule is COc1nc(N)nc(C(=O)O)c1C(C)C. The Morgan fingerprint density at radius 2 is 2.07 bits per heavy atom. The van der Waals surface area contributed by atoms with Gasteiger partial charge >= 0.3 is 5.97 Å². The van der Waals surface area contributed by atoms with Crippen LogP contribution in [0.2, 0.25) is 0 Å². The third kappa shape index (κ3) is 2.15. The lowest BCUT2D eigenvalue weighted by Gasteiger charge is -2.13. The zero-order valence-electron chi connectivity index (χ0n) is 8.81. The van der Waals surface area contributed by atoms with Crippen molar-refractivity contribution in [2.24, 2.45) is 0 Å². The summed E-state index contributed by atoms with van der Waals surface area (Å²) in [5, 5.41) is 8.96. The van der Waals surface area contributed by atoms with Crippen LogP contribution in [0.3, 0.4) is 0 Å². The number of rotatable bonds is 3. The largest absolute Gasteiger partial charge is 0.481 e. The number of nitrogens with two attached hydrogens (primary N) is 1. The highest BCUT2D eigenvalue weighted by Gasteiger charge is 2.21. The van der Waals surface area contributed by atoms with Crippen LogP contribution in [-0.2, 0) is 0 Å². The molecule has 3 N–H and O–H groups in total. The topological polar surface area (TPSA) is 98.3 Å². The predicted octanol–water partition coefficient (Wildman–Crippen LogP) is 0.889. The highest BCUT2D eigenvalue weighted by atomic mass is 16.5.